The molecule has 2 unspecified atom stereocenters. The lowest BCUT2D eigenvalue weighted by atomic mass is 9.86. The SMILES string of the molecule is CC1CN(c2c(F)c(F)c(NCC3CCC(N)CC3)c(F)c2F)CC(C)O1. The Morgan fingerprint density at radius 1 is 0.926 bits per heavy atom. The third kappa shape index (κ3) is 4.32. The molecule has 1 aromatic rings. The minimum Gasteiger partial charge on any atom is -0.380 e. The molecule has 0 aromatic heterocycles. The highest BCUT2D eigenvalue weighted by Crippen LogP contribution is 2.35. The Balaban J connectivity index is 1.81. The number of morpholine rings is 1. The monoisotopic (exact) mass is 389 g/mol. The number of ether oxygens (including phenoxy) is 1. The van der Waals surface area contributed by atoms with Gasteiger partial charge in [0, 0.05) is 25.7 Å². The Labute approximate surface area is 157 Å². The van der Waals surface area contributed by atoms with E-state index in [0.29, 0.717) is 0 Å². The average Bonchev–Trinajstić information content (AvgIpc) is 2.61. The summed E-state index contributed by atoms with van der Waals surface area (Å²) in [5.41, 5.74) is 4.44. The third-order valence-corrected chi connectivity index (χ3v) is 5.43. The lowest BCUT2D eigenvalue weighted by Gasteiger charge is -2.37. The number of nitrogens with zero attached hydrogens (tertiary/aromatic N) is 1. The van der Waals surface area contributed by atoms with E-state index in [-0.39, 0.29) is 43.8 Å². The van der Waals surface area contributed by atoms with Gasteiger partial charge in [-0.3, -0.25) is 0 Å². The van der Waals surface area contributed by atoms with Crippen molar-refractivity contribution >= 4 is 11.4 Å². The summed E-state index contributed by atoms with van der Waals surface area (Å²) >= 11 is 0. The van der Waals surface area contributed by atoms with Crippen LogP contribution < -0.4 is 16.0 Å². The molecule has 1 saturated carbocycles. The quantitative estimate of drug-likeness (QED) is 0.608. The van der Waals surface area contributed by atoms with Gasteiger partial charge in [-0.2, -0.15) is 0 Å². The van der Waals surface area contributed by atoms with E-state index in [9.17, 15) is 17.6 Å². The van der Waals surface area contributed by atoms with Gasteiger partial charge in [-0.05, 0) is 45.4 Å². The van der Waals surface area contributed by atoms with Crippen LogP contribution in [0.5, 0.6) is 0 Å². The molecule has 0 bridgehead atoms. The molecule has 4 nitrogen and oxygen atoms in total. The fourth-order valence-corrected chi connectivity index (χ4v) is 4.05. The Hall–Kier alpha value is -1.54. The minimum absolute atomic E-state index is 0.155. The highest BCUT2D eigenvalue weighted by molar-refractivity contribution is 5.60. The van der Waals surface area contributed by atoms with Gasteiger partial charge in [0.1, 0.15) is 11.4 Å². The third-order valence-electron chi connectivity index (χ3n) is 5.43. The molecule has 3 N–H and O–H groups in total. The number of halogens is 4. The van der Waals surface area contributed by atoms with Crippen LogP contribution in [0, 0.1) is 29.2 Å². The number of hydrogen-bond donors (Lipinski definition) is 2. The molecular weight excluding hydrogens is 362 g/mol. The first kappa shape index (κ1) is 20.2. The molecule has 1 aliphatic carbocycles. The Morgan fingerprint density at radius 2 is 1.44 bits per heavy atom. The Bertz CT molecular complexity index is 640. The van der Waals surface area contributed by atoms with Gasteiger partial charge in [0.15, 0.2) is 23.3 Å². The van der Waals surface area contributed by atoms with Gasteiger partial charge < -0.3 is 20.7 Å². The van der Waals surface area contributed by atoms with Crippen LogP contribution >= 0.6 is 0 Å². The second-order valence-electron chi connectivity index (χ2n) is 7.80. The fraction of sp³-hybridized carbons (Fsp3) is 0.684. The maximum Gasteiger partial charge on any atom is 0.187 e. The van der Waals surface area contributed by atoms with E-state index in [0.717, 1.165) is 25.7 Å². The van der Waals surface area contributed by atoms with E-state index in [4.69, 9.17) is 10.5 Å². The summed E-state index contributed by atoms with van der Waals surface area (Å²) in [6, 6.07) is 0.155. The zero-order valence-electron chi connectivity index (χ0n) is 15.7. The molecule has 1 heterocycles. The second kappa shape index (κ2) is 8.22. The zero-order valence-corrected chi connectivity index (χ0v) is 15.7. The van der Waals surface area contributed by atoms with Gasteiger partial charge in [-0.1, -0.05) is 0 Å². The van der Waals surface area contributed by atoms with Crippen LogP contribution in [0.25, 0.3) is 0 Å². The first-order valence-electron chi connectivity index (χ1n) is 9.53. The number of benzene rings is 1. The van der Waals surface area contributed by atoms with Crippen molar-refractivity contribution in [2.45, 2.75) is 57.8 Å². The van der Waals surface area contributed by atoms with E-state index in [1.165, 1.54) is 4.90 Å². The summed E-state index contributed by atoms with van der Waals surface area (Å²) in [5, 5.41) is 2.58. The summed E-state index contributed by atoms with van der Waals surface area (Å²) in [7, 11) is 0. The van der Waals surface area contributed by atoms with Gasteiger partial charge in [0.05, 0.1) is 12.2 Å². The molecule has 152 valence electrons. The fourth-order valence-electron chi connectivity index (χ4n) is 4.05. The number of rotatable bonds is 4. The lowest BCUT2D eigenvalue weighted by Crippen LogP contribution is -2.46. The summed E-state index contributed by atoms with van der Waals surface area (Å²) in [6.45, 7) is 4.07. The maximum absolute atomic E-state index is 14.6. The molecular formula is C19H27F4N3O. The number of nitrogens with one attached hydrogen (secondary N) is 1. The molecule has 3 rings (SSSR count). The summed E-state index contributed by atoms with van der Waals surface area (Å²) in [5.74, 6) is -5.34. The minimum atomic E-state index is -1.39. The van der Waals surface area contributed by atoms with Crippen molar-refractivity contribution in [3.8, 4) is 0 Å². The molecule has 8 heteroatoms. The summed E-state index contributed by atoms with van der Waals surface area (Å²) in [6.07, 6.45) is 2.73. The van der Waals surface area contributed by atoms with Crippen molar-refractivity contribution in [1.29, 1.82) is 0 Å². The summed E-state index contributed by atoms with van der Waals surface area (Å²) < 4.78 is 63.9. The normalized spacial score (nSPS) is 29.1. The van der Waals surface area contributed by atoms with Crippen LogP contribution in [-0.4, -0.2) is 37.9 Å². The van der Waals surface area contributed by atoms with Crippen molar-refractivity contribution in [1.82, 2.24) is 0 Å². The van der Waals surface area contributed by atoms with Gasteiger partial charge in [-0.15, -0.1) is 0 Å². The van der Waals surface area contributed by atoms with Crippen molar-refractivity contribution in [2.75, 3.05) is 29.9 Å². The average molecular weight is 389 g/mol. The van der Waals surface area contributed by atoms with E-state index in [1.807, 2.05) is 0 Å². The lowest BCUT2D eigenvalue weighted by molar-refractivity contribution is -0.00565. The van der Waals surface area contributed by atoms with Crippen LogP contribution in [0.2, 0.25) is 0 Å². The van der Waals surface area contributed by atoms with E-state index < -0.39 is 34.6 Å². The first-order chi connectivity index (χ1) is 12.8. The molecule has 0 radical (unpaired) electrons. The van der Waals surface area contributed by atoms with E-state index in [2.05, 4.69) is 5.32 Å². The van der Waals surface area contributed by atoms with Crippen LogP contribution in [-0.2, 0) is 4.74 Å². The number of nitrogens with two attached hydrogens (primary N) is 1. The first-order valence-corrected chi connectivity index (χ1v) is 9.53. The zero-order chi connectivity index (χ0) is 19.7. The molecule has 1 saturated heterocycles. The smallest absolute Gasteiger partial charge is 0.187 e. The van der Waals surface area contributed by atoms with Crippen molar-refractivity contribution in [2.24, 2.45) is 11.7 Å². The topological polar surface area (TPSA) is 50.5 Å². The van der Waals surface area contributed by atoms with E-state index in [1.54, 1.807) is 13.8 Å². The predicted molar refractivity (Wildman–Crippen MR) is 96.9 cm³/mol. The Kier molecular flexibility index (Phi) is 6.15. The maximum atomic E-state index is 14.6. The highest BCUT2D eigenvalue weighted by Gasteiger charge is 2.32. The van der Waals surface area contributed by atoms with Crippen molar-refractivity contribution in [3.63, 3.8) is 0 Å². The standard InChI is InChI=1S/C19H27F4N3O/c1-10-8-26(9-11(2)27-10)19-16(22)14(20)18(15(21)17(19)23)25-7-12-3-5-13(24)6-4-12/h10-13,25H,3-9,24H2,1-2H3. The van der Waals surface area contributed by atoms with Crippen LogP contribution in [0.4, 0.5) is 28.9 Å². The van der Waals surface area contributed by atoms with Crippen molar-refractivity contribution in [3.05, 3.63) is 23.3 Å². The van der Waals surface area contributed by atoms with E-state index >= 15 is 0 Å². The molecule has 27 heavy (non-hydrogen) atoms. The van der Waals surface area contributed by atoms with Gasteiger partial charge in [0.25, 0.3) is 0 Å². The predicted octanol–water partition coefficient (Wildman–Crippen LogP) is 3.79. The number of anilines is 2. The van der Waals surface area contributed by atoms with Gasteiger partial charge in [-0.25, -0.2) is 17.6 Å². The van der Waals surface area contributed by atoms with Crippen LogP contribution in [0.15, 0.2) is 0 Å². The molecule has 2 aliphatic rings. The summed E-state index contributed by atoms with van der Waals surface area (Å²) in [4.78, 5) is 1.31. The molecule has 0 amide bonds. The second-order valence-corrected chi connectivity index (χ2v) is 7.80. The molecule has 1 aliphatic heterocycles. The highest BCUT2D eigenvalue weighted by atomic mass is 19.2. The van der Waals surface area contributed by atoms with Gasteiger partial charge >= 0.3 is 0 Å². The molecule has 0 spiro atoms. The Morgan fingerprint density at radius 3 is 1.96 bits per heavy atom. The molecule has 1 aromatic carbocycles. The molecule has 2 fully saturated rings. The van der Waals surface area contributed by atoms with Crippen LogP contribution in [0.3, 0.4) is 0 Å². The van der Waals surface area contributed by atoms with Crippen molar-refractivity contribution < 1.29 is 22.3 Å². The van der Waals surface area contributed by atoms with Gasteiger partial charge in [0.2, 0.25) is 0 Å². The number of hydrogen-bond acceptors (Lipinski definition) is 4. The molecule has 2 atom stereocenters. The van der Waals surface area contributed by atoms with Crippen LogP contribution in [0.1, 0.15) is 39.5 Å². The largest absolute Gasteiger partial charge is 0.380 e.